The van der Waals surface area contributed by atoms with Gasteiger partial charge in [0.25, 0.3) is 0 Å². The first-order valence-corrected chi connectivity index (χ1v) is 5.06. The van der Waals surface area contributed by atoms with E-state index in [1.54, 1.807) is 7.11 Å². The van der Waals surface area contributed by atoms with Crippen molar-refractivity contribution in [1.29, 1.82) is 0 Å². The normalized spacial score (nSPS) is 10.9. The molecule has 0 aliphatic rings. The van der Waals surface area contributed by atoms with Crippen LogP contribution in [0.3, 0.4) is 0 Å². The number of hydrogen-bond acceptors (Lipinski definition) is 4. The fraction of sp³-hybridized carbons (Fsp3) is 0.889. The van der Waals surface area contributed by atoms with E-state index in [0.29, 0.717) is 26.2 Å². The highest BCUT2D eigenvalue weighted by Crippen LogP contribution is 2.13. The summed E-state index contributed by atoms with van der Waals surface area (Å²) < 4.78 is 43.9. The minimum atomic E-state index is -4.40. The van der Waals surface area contributed by atoms with E-state index in [2.05, 4.69) is 15.4 Å². The maximum absolute atomic E-state index is 11.7. The van der Waals surface area contributed by atoms with Gasteiger partial charge in [-0.2, -0.15) is 13.2 Å². The Morgan fingerprint density at radius 1 is 1.22 bits per heavy atom. The molecule has 2 N–H and O–H groups in total. The number of hydrogen-bond donors (Lipinski definition) is 2. The lowest BCUT2D eigenvalue weighted by Gasteiger charge is -2.08. The first-order chi connectivity index (χ1) is 7.95. The zero-order valence-electron chi connectivity index (χ0n) is 10.0. The molecule has 0 atom stereocenters. The highest BCUT2D eigenvalue weighted by molar-refractivity contribution is 5.85. The number of carbonyl (C=O) groups excluding carboxylic acids is 1. The van der Waals surface area contributed by atoms with Crippen molar-refractivity contribution in [3.63, 3.8) is 0 Å². The first kappa shape index (κ1) is 19.8. The second-order valence-corrected chi connectivity index (χ2v) is 3.20. The van der Waals surface area contributed by atoms with Crippen LogP contribution in [-0.2, 0) is 14.3 Å². The molecule has 5 nitrogen and oxygen atoms in total. The maximum atomic E-state index is 11.7. The van der Waals surface area contributed by atoms with Crippen molar-refractivity contribution in [3.8, 4) is 0 Å². The van der Waals surface area contributed by atoms with E-state index < -0.39 is 25.3 Å². The predicted octanol–water partition coefficient (Wildman–Crippen LogP) is 0.339. The molecular formula is C9H18ClF3N2O3. The van der Waals surface area contributed by atoms with Crippen molar-refractivity contribution in [3.05, 3.63) is 0 Å². The topological polar surface area (TPSA) is 59.6 Å². The molecule has 0 radical (unpaired) electrons. The largest absolute Gasteiger partial charge is 0.411 e. The van der Waals surface area contributed by atoms with Gasteiger partial charge in [0.1, 0.15) is 13.2 Å². The lowest BCUT2D eigenvalue weighted by atomic mass is 10.5. The van der Waals surface area contributed by atoms with E-state index in [1.165, 1.54) is 0 Å². The number of rotatable bonds is 9. The van der Waals surface area contributed by atoms with E-state index in [-0.39, 0.29) is 12.4 Å². The molecule has 0 aliphatic heterocycles. The van der Waals surface area contributed by atoms with Gasteiger partial charge in [-0.05, 0) is 0 Å². The summed E-state index contributed by atoms with van der Waals surface area (Å²) in [6.45, 7) is 0.0654. The van der Waals surface area contributed by atoms with Crippen molar-refractivity contribution in [1.82, 2.24) is 10.6 Å². The van der Waals surface area contributed by atoms with Crippen LogP contribution in [0.1, 0.15) is 0 Å². The average Bonchev–Trinajstić information content (AvgIpc) is 2.21. The van der Waals surface area contributed by atoms with Crippen LogP contribution < -0.4 is 10.6 Å². The fourth-order valence-corrected chi connectivity index (χ4v) is 0.900. The Kier molecular flexibility index (Phi) is 12.6. The second-order valence-electron chi connectivity index (χ2n) is 3.20. The molecular weight excluding hydrogens is 277 g/mol. The molecule has 0 rings (SSSR count). The van der Waals surface area contributed by atoms with Gasteiger partial charge in [-0.15, -0.1) is 12.4 Å². The van der Waals surface area contributed by atoms with Crippen LogP contribution in [0.15, 0.2) is 0 Å². The fourth-order valence-electron chi connectivity index (χ4n) is 0.900. The Balaban J connectivity index is 0. The molecule has 0 bridgehead atoms. The van der Waals surface area contributed by atoms with E-state index in [4.69, 9.17) is 4.74 Å². The van der Waals surface area contributed by atoms with Crippen molar-refractivity contribution < 1.29 is 27.4 Å². The third kappa shape index (κ3) is 15.4. The first-order valence-electron chi connectivity index (χ1n) is 5.06. The number of carbonyl (C=O) groups is 1. The Morgan fingerprint density at radius 2 is 1.89 bits per heavy atom. The highest BCUT2D eigenvalue weighted by atomic mass is 35.5. The quantitative estimate of drug-likeness (QED) is 0.602. The molecule has 0 aromatic heterocycles. The lowest BCUT2D eigenvalue weighted by molar-refractivity contribution is -0.175. The molecule has 0 saturated carbocycles. The predicted molar refractivity (Wildman–Crippen MR) is 61.9 cm³/mol. The van der Waals surface area contributed by atoms with Gasteiger partial charge in [0.2, 0.25) is 5.91 Å². The van der Waals surface area contributed by atoms with Crippen LogP contribution in [0.2, 0.25) is 0 Å². The van der Waals surface area contributed by atoms with Crippen molar-refractivity contribution in [2.45, 2.75) is 6.18 Å². The molecule has 1 amide bonds. The van der Waals surface area contributed by atoms with Crippen LogP contribution >= 0.6 is 12.4 Å². The van der Waals surface area contributed by atoms with Gasteiger partial charge in [0, 0.05) is 26.7 Å². The molecule has 0 spiro atoms. The minimum Gasteiger partial charge on any atom is -0.383 e. The SMILES string of the molecule is COCCNCCNC(=O)COCC(F)(F)F.Cl. The smallest absolute Gasteiger partial charge is 0.383 e. The Hall–Kier alpha value is -0.570. The molecule has 0 aliphatic carbocycles. The molecule has 0 aromatic rings. The zero-order valence-corrected chi connectivity index (χ0v) is 10.8. The molecule has 0 fully saturated rings. The van der Waals surface area contributed by atoms with Crippen molar-refractivity contribution >= 4 is 18.3 Å². The standard InChI is InChI=1S/C9H17F3N2O3.ClH/c1-16-5-4-13-2-3-14-8(15)6-17-7-9(10,11)12;/h13H,2-7H2,1H3,(H,14,15);1H. The summed E-state index contributed by atoms with van der Waals surface area (Å²) >= 11 is 0. The van der Waals surface area contributed by atoms with Gasteiger partial charge in [0.05, 0.1) is 6.61 Å². The van der Waals surface area contributed by atoms with E-state index >= 15 is 0 Å². The molecule has 9 heteroatoms. The monoisotopic (exact) mass is 294 g/mol. The number of ether oxygens (including phenoxy) is 2. The average molecular weight is 295 g/mol. The Bertz CT molecular complexity index is 218. The third-order valence-electron chi connectivity index (χ3n) is 1.61. The molecule has 0 unspecified atom stereocenters. The van der Waals surface area contributed by atoms with E-state index in [0.717, 1.165) is 0 Å². The Labute approximate surface area is 110 Å². The summed E-state index contributed by atoms with van der Waals surface area (Å²) in [5.74, 6) is -0.567. The molecule has 18 heavy (non-hydrogen) atoms. The Morgan fingerprint density at radius 3 is 2.44 bits per heavy atom. The van der Waals surface area contributed by atoms with Gasteiger partial charge in [-0.1, -0.05) is 0 Å². The van der Waals surface area contributed by atoms with Crippen molar-refractivity contribution in [2.75, 3.05) is 46.6 Å². The zero-order chi connectivity index (χ0) is 13.1. The summed E-state index contributed by atoms with van der Waals surface area (Å²) in [6, 6.07) is 0. The van der Waals surface area contributed by atoms with Gasteiger partial charge in [-0.25, -0.2) is 0 Å². The van der Waals surface area contributed by atoms with E-state index in [9.17, 15) is 18.0 Å². The second kappa shape index (κ2) is 11.5. The lowest BCUT2D eigenvalue weighted by Crippen LogP contribution is -2.35. The van der Waals surface area contributed by atoms with Crippen LogP contribution in [0.4, 0.5) is 13.2 Å². The molecule has 0 aromatic carbocycles. The van der Waals surface area contributed by atoms with Crippen LogP contribution in [0, 0.1) is 0 Å². The summed E-state index contributed by atoms with van der Waals surface area (Å²) in [4.78, 5) is 11.0. The van der Waals surface area contributed by atoms with Gasteiger partial charge in [0.15, 0.2) is 0 Å². The van der Waals surface area contributed by atoms with Gasteiger partial charge < -0.3 is 20.1 Å². The number of alkyl halides is 3. The highest BCUT2D eigenvalue weighted by Gasteiger charge is 2.27. The summed E-state index contributed by atoms with van der Waals surface area (Å²) in [7, 11) is 1.57. The van der Waals surface area contributed by atoms with E-state index in [1.807, 2.05) is 0 Å². The summed E-state index contributed by atoms with van der Waals surface area (Å²) in [6.07, 6.45) is -4.40. The number of halogens is 4. The van der Waals surface area contributed by atoms with Gasteiger partial charge in [-0.3, -0.25) is 4.79 Å². The molecule has 0 heterocycles. The number of nitrogens with one attached hydrogen (secondary N) is 2. The molecule has 110 valence electrons. The van der Waals surface area contributed by atoms with Crippen LogP contribution in [-0.4, -0.2) is 58.6 Å². The minimum absolute atomic E-state index is 0. The third-order valence-corrected chi connectivity index (χ3v) is 1.61. The summed E-state index contributed by atoms with van der Waals surface area (Å²) in [5.41, 5.74) is 0. The number of methoxy groups -OCH3 is 1. The van der Waals surface area contributed by atoms with Gasteiger partial charge >= 0.3 is 6.18 Å². The van der Waals surface area contributed by atoms with Crippen molar-refractivity contribution in [2.24, 2.45) is 0 Å². The maximum Gasteiger partial charge on any atom is 0.411 e. The van der Waals surface area contributed by atoms with Crippen LogP contribution in [0.5, 0.6) is 0 Å². The van der Waals surface area contributed by atoms with Crippen LogP contribution in [0.25, 0.3) is 0 Å². The number of amides is 1. The summed E-state index contributed by atoms with van der Waals surface area (Å²) in [5, 5.41) is 5.37. The molecule has 0 saturated heterocycles.